The van der Waals surface area contributed by atoms with Crippen LogP contribution in [0.2, 0.25) is 0 Å². The number of aliphatic carboxylic acids is 1. The van der Waals surface area contributed by atoms with Crippen molar-refractivity contribution >= 4 is 11.9 Å². The number of likely N-dealkylation sites (tertiary alicyclic amines) is 1. The summed E-state index contributed by atoms with van der Waals surface area (Å²) >= 11 is 0. The van der Waals surface area contributed by atoms with E-state index in [2.05, 4.69) is 25.9 Å². The van der Waals surface area contributed by atoms with E-state index in [9.17, 15) is 9.59 Å². The van der Waals surface area contributed by atoms with E-state index >= 15 is 0 Å². The third kappa shape index (κ3) is 4.36. The molecule has 1 amide bonds. The molecule has 2 rings (SSSR count). The number of carbonyl (C=O) groups excluding carboxylic acids is 1. The molecule has 1 N–H and O–H groups in total. The third-order valence-corrected chi connectivity index (χ3v) is 4.77. The molecule has 1 fully saturated rings. The molecule has 6 heteroatoms. The van der Waals surface area contributed by atoms with Crippen molar-refractivity contribution in [2.75, 3.05) is 6.54 Å². The Hall–Kier alpha value is -1.85. The Morgan fingerprint density at radius 3 is 2.67 bits per heavy atom. The van der Waals surface area contributed by atoms with Gasteiger partial charge in [0, 0.05) is 31.2 Å². The number of amides is 1. The number of nitrogens with zero attached hydrogens (tertiary/aromatic N) is 3. The van der Waals surface area contributed by atoms with Gasteiger partial charge in [-0.2, -0.15) is 5.10 Å². The van der Waals surface area contributed by atoms with Crippen LogP contribution in [-0.4, -0.2) is 44.3 Å². The monoisotopic (exact) mass is 335 g/mol. The van der Waals surface area contributed by atoms with Crippen molar-refractivity contribution in [3.05, 3.63) is 17.0 Å². The number of aromatic nitrogens is 2. The molecule has 1 aromatic heterocycles. The molecule has 1 saturated heterocycles. The summed E-state index contributed by atoms with van der Waals surface area (Å²) in [6.07, 6.45) is 2.84. The van der Waals surface area contributed by atoms with Gasteiger partial charge < -0.3 is 10.0 Å². The lowest BCUT2D eigenvalue weighted by Gasteiger charge is -2.23. The molecule has 1 atom stereocenters. The van der Waals surface area contributed by atoms with E-state index in [1.54, 1.807) is 4.90 Å². The molecule has 0 spiro atoms. The number of hydrogen-bond acceptors (Lipinski definition) is 3. The number of carboxylic acid groups (broad SMARTS) is 1. The maximum absolute atomic E-state index is 12.5. The van der Waals surface area contributed by atoms with Gasteiger partial charge in [-0.15, -0.1) is 0 Å². The first-order valence-electron chi connectivity index (χ1n) is 8.83. The standard InChI is InChI=1S/C18H29N3O3/c1-12(2)11-21-14(4)16(13(3)19-21)7-8-17(22)20-9-5-6-15(20)10-18(23)24/h12,15H,5-11H2,1-4H3,(H,23,24). The summed E-state index contributed by atoms with van der Waals surface area (Å²) in [6, 6.07) is -0.138. The van der Waals surface area contributed by atoms with Gasteiger partial charge in [0.15, 0.2) is 0 Å². The van der Waals surface area contributed by atoms with Gasteiger partial charge in [0.2, 0.25) is 5.91 Å². The second-order valence-corrected chi connectivity index (χ2v) is 7.21. The molecule has 1 aromatic rings. The molecular formula is C18H29N3O3. The average Bonchev–Trinajstić information content (AvgIpc) is 3.02. The summed E-state index contributed by atoms with van der Waals surface area (Å²) in [6.45, 7) is 9.94. The molecule has 1 aliphatic rings. The zero-order valence-electron chi connectivity index (χ0n) is 15.2. The Bertz CT molecular complexity index is 607. The molecule has 134 valence electrons. The van der Waals surface area contributed by atoms with Crippen molar-refractivity contribution in [3.63, 3.8) is 0 Å². The summed E-state index contributed by atoms with van der Waals surface area (Å²) in [5.41, 5.74) is 3.28. The predicted octanol–water partition coefficient (Wildman–Crippen LogP) is 2.55. The van der Waals surface area contributed by atoms with Crippen molar-refractivity contribution in [3.8, 4) is 0 Å². The van der Waals surface area contributed by atoms with Gasteiger partial charge in [-0.3, -0.25) is 14.3 Å². The van der Waals surface area contributed by atoms with Gasteiger partial charge in [-0.25, -0.2) is 0 Å². The Balaban J connectivity index is 1.99. The minimum Gasteiger partial charge on any atom is -0.481 e. The highest BCUT2D eigenvalue weighted by Gasteiger charge is 2.30. The number of rotatable bonds is 7. The van der Waals surface area contributed by atoms with Crippen LogP contribution in [0.3, 0.4) is 0 Å². The van der Waals surface area contributed by atoms with E-state index < -0.39 is 5.97 Å². The van der Waals surface area contributed by atoms with Crippen molar-refractivity contribution < 1.29 is 14.7 Å². The van der Waals surface area contributed by atoms with E-state index in [1.807, 2.05) is 11.6 Å². The highest BCUT2D eigenvalue weighted by molar-refractivity contribution is 5.78. The average molecular weight is 335 g/mol. The van der Waals surface area contributed by atoms with Crippen LogP contribution >= 0.6 is 0 Å². The van der Waals surface area contributed by atoms with Crippen molar-refractivity contribution in [2.24, 2.45) is 5.92 Å². The second kappa shape index (κ2) is 7.81. The molecule has 0 bridgehead atoms. The van der Waals surface area contributed by atoms with Crippen LogP contribution in [-0.2, 0) is 22.6 Å². The lowest BCUT2D eigenvalue weighted by atomic mass is 10.1. The van der Waals surface area contributed by atoms with Crippen LogP contribution in [0, 0.1) is 19.8 Å². The molecule has 1 aliphatic heterocycles. The van der Waals surface area contributed by atoms with Crippen LogP contribution in [0.1, 0.15) is 56.5 Å². The maximum atomic E-state index is 12.5. The number of aryl methyl sites for hydroxylation is 1. The summed E-state index contributed by atoms with van der Waals surface area (Å²) < 4.78 is 2.03. The van der Waals surface area contributed by atoms with Gasteiger partial charge in [0.25, 0.3) is 0 Å². The molecule has 6 nitrogen and oxygen atoms in total. The fourth-order valence-corrected chi connectivity index (χ4v) is 3.57. The van der Waals surface area contributed by atoms with Crippen LogP contribution in [0.15, 0.2) is 0 Å². The van der Waals surface area contributed by atoms with Gasteiger partial charge in [-0.1, -0.05) is 13.8 Å². The molecule has 0 saturated carbocycles. The quantitative estimate of drug-likeness (QED) is 0.831. The van der Waals surface area contributed by atoms with Gasteiger partial charge >= 0.3 is 5.97 Å². The topological polar surface area (TPSA) is 75.4 Å². The highest BCUT2D eigenvalue weighted by Crippen LogP contribution is 2.23. The Labute approximate surface area is 143 Å². The van der Waals surface area contributed by atoms with Crippen molar-refractivity contribution in [1.29, 1.82) is 0 Å². The molecule has 24 heavy (non-hydrogen) atoms. The van der Waals surface area contributed by atoms with Crippen LogP contribution in [0.4, 0.5) is 0 Å². The van der Waals surface area contributed by atoms with E-state index in [0.29, 0.717) is 25.3 Å². The maximum Gasteiger partial charge on any atom is 0.305 e. The van der Waals surface area contributed by atoms with E-state index in [-0.39, 0.29) is 18.4 Å². The van der Waals surface area contributed by atoms with Gasteiger partial charge in [-0.05, 0) is 44.6 Å². The SMILES string of the molecule is Cc1nn(CC(C)C)c(C)c1CCC(=O)N1CCCC1CC(=O)O. The van der Waals surface area contributed by atoms with Crippen molar-refractivity contribution in [1.82, 2.24) is 14.7 Å². The van der Waals surface area contributed by atoms with Gasteiger partial charge in [0.1, 0.15) is 0 Å². The summed E-state index contributed by atoms with van der Waals surface area (Å²) in [7, 11) is 0. The predicted molar refractivity (Wildman–Crippen MR) is 91.8 cm³/mol. The third-order valence-electron chi connectivity index (χ3n) is 4.77. The lowest BCUT2D eigenvalue weighted by Crippen LogP contribution is -2.37. The molecule has 0 radical (unpaired) electrons. The largest absolute Gasteiger partial charge is 0.481 e. The van der Waals surface area contributed by atoms with E-state index in [4.69, 9.17) is 5.11 Å². The minimum absolute atomic E-state index is 0.0517. The van der Waals surface area contributed by atoms with E-state index in [0.717, 1.165) is 36.3 Å². The lowest BCUT2D eigenvalue weighted by molar-refractivity contribution is -0.139. The smallest absolute Gasteiger partial charge is 0.305 e. The number of carboxylic acids is 1. The summed E-state index contributed by atoms with van der Waals surface area (Å²) in [5.74, 6) is -0.241. The summed E-state index contributed by atoms with van der Waals surface area (Å²) in [5, 5.41) is 13.6. The van der Waals surface area contributed by atoms with Crippen LogP contribution < -0.4 is 0 Å². The Morgan fingerprint density at radius 2 is 2.04 bits per heavy atom. The van der Waals surface area contributed by atoms with Crippen LogP contribution in [0.25, 0.3) is 0 Å². The molecule has 1 unspecified atom stereocenters. The zero-order valence-corrected chi connectivity index (χ0v) is 15.2. The van der Waals surface area contributed by atoms with Crippen LogP contribution in [0.5, 0.6) is 0 Å². The Morgan fingerprint density at radius 1 is 1.33 bits per heavy atom. The minimum atomic E-state index is -0.832. The highest BCUT2D eigenvalue weighted by atomic mass is 16.4. The number of carbonyl (C=O) groups is 2. The molecule has 0 aromatic carbocycles. The molecular weight excluding hydrogens is 306 g/mol. The first-order valence-corrected chi connectivity index (χ1v) is 8.83. The Kier molecular flexibility index (Phi) is 6.02. The first-order chi connectivity index (χ1) is 11.3. The zero-order chi connectivity index (χ0) is 17.9. The first kappa shape index (κ1) is 18.5. The fourth-order valence-electron chi connectivity index (χ4n) is 3.57. The van der Waals surface area contributed by atoms with Crippen molar-refractivity contribution in [2.45, 2.75) is 72.4 Å². The van der Waals surface area contributed by atoms with E-state index in [1.165, 1.54) is 0 Å². The number of hydrogen-bond donors (Lipinski definition) is 1. The molecule has 0 aliphatic carbocycles. The summed E-state index contributed by atoms with van der Waals surface area (Å²) in [4.78, 5) is 25.2. The van der Waals surface area contributed by atoms with Gasteiger partial charge in [0.05, 0.1) is 12.1 Å². The second-order valence-electron chi connectivity index (χ2n) is 7.21. The normalized spacial score (nSPS) is 17.7. The molecule has 2 heterocycles. The fraction of sp³-hybridized carbons (Fsp3) is 0.722.